The van der Waals surface area contributed by atoms with Crippen molar-refractivity contribution in [1.29, 1.82) is 0 Å². The number of fused-ring (bicyclic) bond motifs is 7. The molecule has 114 valence electrons. The Hall–Kier alpha value is -2.54. The predicted octanol–water partition coefficient (Wildman–Crippen LogP) is 6.54. The highest BCUT2D eigenvalue weighted by molar-refractivity contribution is 6.11. The van der Waals surface area contributed by atoms with Gasteiger partial charge in [0.15, 0.2) is 0 Å². The van der Waals surface area contributed by atoms with Crippen LogP contribution in [0.25, 0.3) is 32.3 Å². The number of benzene rings is 2. The van der Waals surface area contributed by atoms with Gasteiger partial charge in [-0.2, -0.15) is 0 Å². The molecule has 1 heterocycles. The zero-order valence-electron chi connectivity index (χ0n) is 14.0. The average molecular weight is 300 g/mol. The third-order valence-electron chi connectivity index (χ3n) is 4.99. The second-order valence-electron chi connectivity index (χ2n) is 6.34. The fourth-order valence-electron chi connectivity index (χ4n) is 3.72. The molecule has 0 radical (unpaired) electrons. The highest BCUT2D eigenvalue weighted by atomic mass is 16.3. The van der Waals surface area contributed by atoms with Gasteiger partial charge in [0.1, 0.15) is 11.5 Å². The Bertz CT molecular complexity index is 1010. The molecule has 0 aliphatic rings. The molecule has 0 spiro atoms. The standard InChI is InChI=1S/C22H20O/c1-13-17-7-5-9-19(13)21-15(3)23-16(4)22(21)20-10-6-8-18(12-11-17)14(20)2/h5-12H,1-4H3. The van der Waals surface area contributed by atoms with E-state index in [0.717, 1.165) is 11.5 Å². The average Bonchev–Trinajstić information content (AvgIpc) is 2.81. The van der Waals surface area contributed by atoms with Crippen molar-refractivity contribution in [3.8, 4) is 0 Å². The van der Waals surface area contributed by atoms with E-state index < -0.39 is 0 Å². The van der Waals surface area contributed by atoms with Gasteiger partial charge in [0.05, 0.1) is 0 Å². The summed E-state index contributed by atoms with van der Waals surface area (Å²) in [6.45, 7) is 8.53. The molecule has 0 aliphatic carbocycles. The van der Waals surface area contributed by atoms with Gasteiger partial charge in [-0.05, 0) is 60.4 Å². The second-order valence-corrected chi connectivity index (χ2v) is 6.34. The molecule has 4 aromatic rings. The molecule has 0 N–H and O–H groups in total. The van der Waals surface area contributed by atoms with Crippen molar-refractivity contribution in [2.75, 3.05) is 0 Å². The van der Waals surface area contributed by atoms with Gasteiger partial charge in [0.2, 0.25) is 0 Å². The fraction of sp³-hybridized carbons (Fsp3) is 0.182. The lowest BCUT2D eigenvalue weighted by Crippen LogP contribution is -1.83. The van der Waals surface area contributed by atoms with E-state index in [1.54, 1.807) is 0 Å². The molecule has 1 aromatic heterocycles. The smallest absolute Gasteiger partial charge is 0.109 e. The lowest BCUT2D eigenvalue weighted by molar-refractivity contribution is 0.510. The molecular formula is C22H20O. The van der Waals surface area contributed by atoms with Gasteiger partial charge in [0, 0.05) is 10.8 Å². The summed E-state index contributed by atoms with van der Waals surface area (Å²) in [5, 5.41) is 7.53. The van der Waals surface area contributed by atoms with Crippen LogP contribution in [0.2, 0.25) is 0 Å². The van der Waals surface area contributed by atoms with Crippen LogP contribution in [0.15, 0.2) is 52.9 Å². The minimum atomic E-state index is 0.993. The third kappa shape index (κ3) is 2.00. The predicted molar refractivity (Wildman–Crippen MR) is 99.0 cm³/mol. The molecule has 1 nitrogen and oxygen atoms in total. The van der Waals surface area contributed by atoms with Gasteiger partial charge in [-0.1, -0.05) is 48.5 Å². The maximum Gasteiger partial charge on any atom is 0.109 e. The van der Waals surface area contributed by atoms with Crippen LogP contribution in [-0.4, -0.2) is 0 Å². The Labute approximate surface area is 136 Å². The van der Waals surface area contributed by atoms with Gasteiger partial charge in [-0.3, -0.25) is 0 Å². The van der Waals surface area contributed by atoms with Crippen LogP contribution in [0.4, 0.5) is 0 Å². The first-order valence-corrected chi connectivity index (χ1v) is 8.06. The zero-order valence-corrected chi connectivity index (χ0v) is 14.0. The second kappa shape index (κ2) is 4.99. The summed E-state index contributed by atoms with van der Waals surface area (Å²) in [6.07, 6.45) is 0. The molecular weight excluding hydrogens is 280 g/mol. The molecule has 0 saturated carbocycles. The van der Waals surface area contributed by atoms with E-state index in [1.165, 1.54) is 43.4 Å². The molecule has 3 aromatic carbocycles. The molecule has 4 bridgehead atoms. The van der Waals surface area contributed by atoms with Gasteiger partial charge in [-0.25, -0.2) is 0 Å². The highest BCUT2D eigenvalue weighted by Crippen LogP contribution is 2.35. The van der Waals surface area contributed by atoms with E-state index in [9.17, 15) is 0 Å². The van der Waals surface area contributed by atoms with Crippen molar-refractivity contribution >= 4 is 32.3 Å². The summed E-state index contributed by atoms with van der Waals surface area (Å²) in [5.74, 6) is 1.99. The maximum atomic E-state index is 6.04. The molecule has 0 amide bonds. The highest BCUT2D eigenvalue weighted by Gasteiger charge is 2.12. The minimum Gasteiger partial charge on any atom is -0.465 e. The number of hydrogen-bond acceptors (Lipinski definition) is 1. The Morgan fingerprint density at radius 2 is 1.00 bits per heavy atom. The van der Waals surface area contributed by atoms with E-state index in [1.807, 2.05) is 0 Å². The summed E-state index contributed by atoms with van der Waals surface area (Å²) < 4.78 is 6.04. The molecule has 4 rings (SSSR count). The SMILES string of the molecule is Cc1c2cccc1c1c(C)oc(C)c1c1cccc(cc2)c1C. The minimum absolute atomic E-state index is 0.993. The Kier molecular flexibility index (Phi) is 3.05. The van der Waals surface area contributed by atoms with Gasteiger partial charge >= 0.3 is 0 Å². The summed E-state index contributed by atoms with van der Waals surface area (Å²) in [7, 11) is 0. The topological polar surface area (TPSA) is 13.1 Å². The Balaban J connectivity index is 2.49. The quantitative estimate of drug-likeness (QED) is 0.359. The van der Waals surface area contributed by atoms with Crippen LogP contribution in [0.1, 0.15) is 22.6 Å². The summed E-state index contributed by atoms with van der Waals surface area (Å²) in [5.41, 5.74) is 2.61. The number of hydrogen-bond donors (Lipinski definition) is 0. The summed E-state index contributed by atoms with van der Waals surface area (Å²) >= 11 is 0. The van der Waals surface area contributed by atoms with Gasteiger partial charge in [-0.15, -0.1) is 0 Å². The molecule has 23 heavy (non-hydrogen) atoms. The van der Waals surface area contributed by atoms with Gasteiger partial charge in [0.25, 0.3) is 0 Å². The third-order valence-corrected chi connectivity index (χ3v) is 4.99. The number of rotatable bonds is 0. The van der Waals surface area contributed by atoms with Crippen LogP contribution < -0.4 is 0 Å². The van der Waals surface area contributed by atoms with Crippen LogP contribution in [-0.2, 0) is 0 Å². The van der Waals surface area contributed by atoms with Crippen molar-refractivity contribution in [2.45, 2.75) is 27.7 Å². The number of furan rings is 1. The monoisotopic (exact) mass is 300 g/mol. The molecule has 0 fully saturated rings. The molecule has 0 saturated heterocycles. The molecule has 0 aliphatic heterocycles. The van der Waals surface area contributed by atoms with Crippen LogP contribution >= 0.6 is 0 Å². The van der Waals surface area contributed by atoms with Crippen molar-refractivity contribution < 1.29 is 4.42 Å². The first kappa shape index (κ1) is 14.1. The van der Waals surface area contributed by atoms with Crippen molar-refractivity contribution in [1.82, 2.24) is 0 Å². The largest absolute Gasteiger partial charge is 0.465 e. The molecule has 0 unspecified atom stereocenters. The number of aryl methyl sites for hydroxylation is 4. The summed E-state index contributed by atoms with van der Waals surface area (Å²) in [6, 6.07) is 17.5. The van der Waals surface area contributed by atoms with E-state index in [4.69, 9.17) is 4.42 Å². The fourth-order valence-corrected chi connectivity index (χ4v) is 3.72. The molecule has 1 heteroatoms. The lowest BCUT2D eigenvalue weighted by Gasteiger charge is -2.06. The van der Waals surface area contributed by atoms with Crippen molar-refractivity contribution in [3.63, 3.8) is 0 Å². The zero-order chi connectivity index (χ0) is 16.1. The van der Waals surface area contributed by atoms with Crippen LogP contribution in [0.5, 0.6) is 0 Å². The molecule has 0 atom stereocenters. The first-order valence-electron chi connectivity index (χ1n) is 8.06. The van der Waals surface area contributed by atoms with Crippen molar-refractivity contribution in [2.24, 2.45) is 0 Å². The van der Waals surface area contributed by atoms with E-state index in [2.05, 4.69) is 76.2 Å². The van der Waals surface area contributed by atoms with Crippen LogP contribution in [0, 0.1) is 27.7 Å². The van der Waals surface area contributed by atoms with E-state index >= 15 is 0 Å². The Morgan fingerprint density at radius 1 is 0.565 bits per heavy atom. The van der Waals surface area contributed by atoms with Crippen LogP contribution in [0.3, 0.4) is 0 Å². The normalized spacial score (nSPS) is 11.5. The first-order chi connectivity index (χ1) is 11.1. The van der Waals surface area contributed by atoms with Gasteiger partial charge < -0.3 is 4.42 Å². The van der Waals surface area contributed by atoms with E-state index in [-0.39, 0.29) is 0 Å². The lowest BCUT2D eigenvalue weighted by atomic mass is 9.97. The van der Waals surface area contributed by atoms with Crippen molar-refractivity contribution in [3.05, 3.63) is 71.2 Å². The summed E-state index contributed by atoms with van der Waals surface area (Å²) in [4.78, 5) is 0. The van der Waals surface area contributed by atoms with E-state index in [0.29, 0.717) is 0 Å². The Morgan fingerprint density at radius 3 is 1.43 bits per heavy atom. The maximum absolute atomic E-state index is 6.04.